The number of fused-ring (bicyclic) bond motifs is 1. The van der Waals surface area contributed by atoms with E-state index in [0.717, 1.165) is 0 Å². The predicted octanol–water partition coefficient (Wildman–Crippen LogP) is 5.29. The monoisotopic (exact) mass is 764 g/mol. The van der Waals surface area contributed by atoms with Crippen molar-refractivity contribution in [1.29, 1.82) is 5.41 Å². The number of carboxylic acids is 1. The highest BCUT2D eigenvalue weighted by Gasteiger charge is 2.57. The smallest absolute Gasteiger partial charge is 0.457 e. The van der Waals surface area contributed by atoms with E-state index in [2.05, 4.69) is 21.3 Å². The lowest BCUT2D eigenvalue weighted by Gasteiger charge is -2.32. The summed E-state index contributed by atoms with van der Waals surface area (Å²) in [6.45, 7) is 0.354. The summed E-state index contributed by atoms with van der Waals surface area (Å²) in [7, 11) is -4.22. The first-order valence-electron chi connectivity index (χ1n) is 17.5. The van der Waals surface area contributed by atoms with Crippen LogP contribution in [0.15, 0.2) is 84.9 Å². The van der Waals surface area contributed by atoms with Crippen LogP contribution in [0, 0.1) is 5.41 Å². The van der Waals surface area contributed by atoms with E-state index in [1.165, 1.54) is 11.8 Å². The Bertz CT molecular complexity index is 1760. The predicted molar refractivity (Wildman–Crippen MR) is 202 cm³/mol. The van der Waals surface area contributed by atoms with E-state index in [4.69, 9.17) is 25.3 Å². The Morgan fingerprint density at radius 1 is 0.906 bits per heavy atom. The largest absolute Gasteiger partial charge is 0.481 e. The Labute approximate surface area is 312 Å². The number of urea groups is 1. The molecule has 2 aliphatic heterocycles. The molecule has 0 aliphatic carbocycles. The zero-order valence-corrected chi connectivity index (χ0v) is 30.8. The van der Waals surface area contributed by atoms with Crippen molar-refractivity contribution in [3.05, 3.63) is 96.1 Å². The summed E-state index contributed by atoms with van der Waals surface area (Å²) in [4.78, 5) is 50.1. The second-order valence-corrected chi connectivity index (χ2v) is 16.2. The van der Waals surface area contributed by atoms with Crippen molar-refractivity contribution >= 4 is 49.0 Å². The molecule has 0 saturated carbocycles. The number of amidine groups is 1. The van der Waals surface area contributed by atoms with Crippen LogP contribution in [0.25, 0.3) is 0 Å². The highest BCUT2D eigenvalue weighted by molar-refractivity contribution is 8.01. The summed E-state index contributed by atoms with van der Waals surface area (Å²) in [5.41, 5.74) is 6.55. The van der Waals surface area contributed by atoms with E-state index in [-0.39, 0.29) is 54.1 Å². The Morgan fingerprint density at radius 2 is 1.53 bits per heavy atom. The van der Waals surface area contributed by atoms with Gasteiger partial charge in [-0.3, -0.25) is 19.8 Å². The van der Waals surface area contributed by atoms with Gasteiger partial charge in [-0.15, -0.1) is 11.8 Å². The number of hydrogen-bond donors (Lipinski definition) is 7. The Balaban J connectivity index is 1.21. The van der Waals surface area contributed by atoms with Crippen LogP contribution in [0.4, 0.5) is 4.79 Å². The molecule has 0 bridgehead atoms. The van der Waals surface area contributed by atoms with Gasteiger partial charge in [0.25, 0.3) is 0 Å². The number of aliphatic carboxylic acids is 1. The molecular weight excluding hydrogens is 719 g/mol. The first-order chi connectivity index (χ1) is 25.5. The third-order valence-corrected chi connectivity index (χ3v) is 12.7. The SMILES string of the molecule is N=C(N)c1ccc(C(NC(=O)CCCCCNC(=O)[C@@]2(CCCCC(=O)O)SC[C@@H]3NC(=O)N[C@@H]32)P(=O)(Oc2ccccc2)Oc2ccccc2)cc1. The van der Waals surface area contributed by atoms with Crippen LogP contribution in [0.3, 0.4) is 0 Å². The topological polar surface area (TPSA) is 222 Å². The fourth-order valence-corrected chi connectivity index (χ4v) is 9.95. The van der Waals surface area contributed by atoms with Crippen LogP contribution in [0.5, 0.6) is 11.5 Å². The summed E-state index contributed by atoms with van der Waals surface area (Å²) >= 11 is 1.48. The fourth-order valence-electron chi connectivity index (χ4n) is 6.39. The number of rotatable bonds is 20. The molecule has 8 N–H and O–H groups in total. The molecule has 282 valence electrons. The van der Waals surface area contributed by atoms with Crippen LogP contribution in [-0.2, 0) is 18.9 Å². The molecule has 0 radical (unpaired) electrons. The lowest BCUT2D eigenvalue weighted by atomic mass is 9.88. The van der Waals surface area contributed by atoms with Gasteiger partial charge in [-0.25, -0.2) is 9.36 Å². The molecule has 2 aliphatic rings. The maximum Gasteiger partial charge on any atom is 0.457 e. The zero-order chi connectivity index (χ0) is 37.8. The molecule has 3 aromatic carbocycles. The quantitative estimate of drug-likeness (QED) is 0.0259. The lowest BCUT2D eigenvalue weighted by molar-refractivity contribution is -0.137. The van der Waals surface area contributed by atoms with Crippen molar-refractivity contribution in [2.75, 3.05) is 12.3 Å². The van der Waals surface area contributed by atoms with E-state index in [0.29, 0.717) is 61.9 Å². The molecule has 0 spiro atoms. The molecule has 2 saturated heterocycles. The van der Waals surface area contributed by atoms with Crippen molar-refractivity contribution in [1.82, 2.24) is 21.3 Å². The van der Waals surface area contributed by atoms with Gasteiger partial charge in [0.1, 0.15) is 22.1 Å². The third kappa shape index (κ3) is 10.3. The summed E-state index contributed by atoms with van der Waals surface area (Å²) in [5.74, 6) is -1.69. The Morgan fingerprint density at radius 3 is 2.13 bits per heavy atom. The molecule has 14 nitrogen and oxygen atoms in total. The number of nitrogen functional groups attached to an aromatic ring is 1. The van der Waals surface area contributed by atoms with Gasteiger partial charge in [0.15, 0.2) is 5.78 Å². The maximum atomic E-state index is 14.8. The number of thioether (sulfide) groups is 1. The average molecular weight is 765 g/mol. The van der Waals surface area contributed by atoms with Gasteiger partial charge in [0.05, 0.1) is 12.1 Å². The number of nitrogens with two attached hydrogens (primary N) is 1. The van der Waals surface area contributed by atoms with E-state index >= 15 is 0 Å². The molecule has 4 amide bonds. The van der Waals surface area contributed by atoms with Gasteiger partial charge >= 0.3 is 19.6 Å². The van der Waals surface area contributed by atoms with Gasteiger partial charge < -0.3 is 41.2 Å². The van der Waals surface area contributed by atoms with Gasteiger partial charge in [0, 0.05) is 30.7 Å². The van der Waals surface area contributed by atoms with E-state index in [9.17, 15) is 23.7 Å². The number of carbonyl (C=O) groups excluding carboxylic acids is 3. The summed E-state index contributed by atoms with van der Waals surface area (Å²) in [5, 5.41) is 28.5. The number of para-hydroxylation sites is 2. The van der Waals surface area contributed by atoms with Gasteiger partial charge in [-0.1, -0.05) is 73.5 Å². The first kappa shape index (κ1) is 39.2. The third-order valence-electron chi connectivity index (χ3n) is 9.07. The molecule has 53 heavy (non-hydrogen) atoms. The molecule has 0 aromatic heterocycles. The number of unbranched alkanes of at least 4 members (excludes halogenated alkanes) is 3. The minimum absolute atomic E-state index is 0.0131. The van der Waals surface area contributed by atoms with Crippen molar-refractivity contribution in [2.45, 2.75) is 74.0 Å². The standard InChI is InChI=1S/C37H45N6O8PS/c38-33(39)25-18-20-26(21-19-25)34(52(49,50-27-12-4-1-5-13-27)51-28-14-6-2-7-15-28)42-30(44)16-8-3-11-23-40-35(47)37(22-10-9-17-31(45)46)32-29(24-53-37)41-36(48)43-32/h1-2,4-7,12-15,18-21,29,32,34H,3,8-11,16-17,22-24H2,(H3,38,39)(H,40,47)(H,42,44)(H,45,46)(H2,41,43,48)/t29-,32-,34?,37-/m0/s1. The Hall–Kier alpha value is -5.01. The summed E-state index contributed by atoms with van der Waals surface area (Å²) in [6.07, 6.45) is 3.17. The minimum atomic E-state index is -4.22. The van der Waals surface area contributed by atoms with Gasteiger partial charge in [-0.05, 0) is 55.5 Å². The Kier molecular flexibility index (Phi) is 13.4. The van der Waals surface area contributed by atoms with Gasteiger partial charge in [0.2, 0.25) is 11.8 Å². The number of amides is 4. The fraction of sp³-hybridized carbons (Fsp3) is 0.378. The number of benzene rings is 3. The average Bonchev–Trinajstić information content (AvgIpc) is 3.68. The zero-order valence-electron chi connectivity index (χ0n) is 29.1. The van der Waals surface area contributed by atoms with E-state index < -0.39 is 30.1 Å². The minimum Gasteiger partial charge on any atom is -0.481 e. The molecule has 1 unspecified atom stereocenters. The number of nitrogens with one attached hydrogen (secondary N) is 5. The second kappa shape index (κ2) is 18.2. The van der Waals surface area contributed by atoms with Crippen LogP contribution < -0.4 is 36.0 Å². The van der Waals surface area contributed by atoms with E-state index in [1.54, 1.807) is 84.9 Å². The molecule has 3 aromatic rings. The van der Waals surface area contributed by atoms with Crippen LogP contribution >= 0.6 is 19.4 Å². The number of carbonyl (C=O) groups is 4. The highest BCUT2D eigenvalue weighted by atomic mass is 32.2. The molecule has 4 atom stereocenters. The van der Waals surface area contributed by atoms with Crippen molar-refractivity contribution in [3.8, 4) is 11.5 Å². The highest BCUT2D eigenvalue weighted by Crippen LogP contribution is 2.59. The van der Waals surface area contributed by atoms with Crippen molar-refractivity contribution in [3.63, 3.8) is 0 Å². The van der Waals surface area contributed by atoms with Crippen LogP contribution in [0.2, 0.25) is 0 Å². The molecule has 2 fully saturated rings. The number of carboxylic acid groups (broad SMARTS) is 1. The van der Waals surface area contributed by atoms with Gasteiger partial charge in [-0.2, -0.15) is 0 Å². The first-order valence-corrected chi connectivity index (χ1v) is 20.1. The van der Waals surface area contributed by atoms with Crippen LogP contribution in [-0.4, -0.2) is 63.9 Å². The number of hydrogen-bond acceptors (Lipinski definition) is 9. The molecule has 2 heterocycles. The molecule has 5 rings (SSSR count). The summed E-state index contributed by atoms with van der Waals surface area (Å²) < 4.78 is 26.0. The molecular formula is C37H45N6O8PS. The maximum absolute atomic E-state index is 14.8. The lowest BCUT2D eigenvalue weighted by Crippen LogP contribution is -2.56. The molecule has 16 heteroatoms. The van der Waals surface area contributed by atoms with E-state index in [1.807, 2.05) is 0 Å². The summed E-state index contributed by atoms with van der Waals surface area (Å²) in [6, 6.07) is 22.6. The van der Waals surface area contributed by atoms with Crippen molar-refractivity contribution < 1.29 is 37.9 Å². The van der Waals surface area contributed by atoms with Crippen molar-refractivity contribution in [2.24, 2.45) is 5.73 Å². The van der Waals surface area contributed by atoms with Crippen LogP contribution in [0.1, 0.15) is 68.3 Å². The normalized spacial score (nSPS) is 19.6. The second-order valence-electron chi connectivity index (χ2n) is 12.9.